The van der Waals surface area contributed by atoms with Gasteiger partial charge in [0, 0.05) is 4.92 Å². The predicted molar refractivity (Wildman–Crippen MR) is 68.9 cm³/mol. The topological polar surface area (TPSA) is 107 Å². The molecule has 0 saturated carbocycles. The quantitative estimate of drug-likeness (QED) is 0.364. The van der Waals surface area contributed by atoms with Crippen molar-refractivity contribution in [3.8, 4) is 0 Å². The number of hydrogen-bond donors (Lipinski definition) is 1. The van der Waals surface area contributed by atoms with E-state index in [1.165, 1.54) is 0 Å². The minimum absolute atomic E-state index is 0.460. The Bertz CT molecular complexity index is 527. The SMILES string of the molecule is COC(=O)C(C(=O)O)C(C[N+](=O)[O-])c1ccccc1C. The predicted octanol–water partition coefficient (Wildman–Crippen LogP) is 1.23. The highest BCUT2D eigenvalue weighted by atomic mass is 16.6. The van der Waals surface area contributed by atoms with E-state index in [-0.39, 0.29) is 0 Å². The number of nitro groups is 1. The number of methoxy groups -OCH3 is 1. The number of carboxylic acids is 1. The number of benzene rings is 1. The van der Waals surface area contributed by atoms with Crippen LogP contribution in [0.3, 0.4) is 0 Å². The molecule has 1 N–H and O–H groups in total. The van der Waals surface area contributed by atoms with Gasteiger partial charge in [-0.1, -0.05) is 24.3 Å². The number of carbonyl (C=O) groups excluding carboxylic acids is 1. The largest absolute Gasteiger partial charge is 0.481 e. The maximum absolute atomic E-state index is 11.6. The van der Waals surface area contributed by atoms with Crippen molar-refractivity contribution in [3.05, 3.63) is 45.5 Å². The van der Waals surface area contributed by atoms with E-state index in [2.05, 4.69) is 4.74 Å². The first-order valence-electron chi connectivity index (χ1n) is 5.86. The Morgan fingerprint density at radius 3 is 2.45 bits per heavy atom. The van der Waals surface area contributed by atoms with Crippen molar-refractivity contribution in [2.24, 2.45) is 5.92 Å². The van der Waals surface area contributed by atoms with Crippen LogP contribution in [-0.4, -0.2) is 35.6 Å². The number of rotatable bonds is 6. The maximum Gasteiger partial charge on any atom is 0.320 e. The van der Waals surface area contributed by atoms with Gasteiger partial charge in [0.1, 0.15) is 0 Å². The summed E-state index contributed by atoms with van der Waals surface area (Å²) in [4.78, 5) is 33.1. The van der Waals surface area contributed by atoms with Crippen LogP contribution in [0.1, 0.15) is 17.0 Å². The van der Waals surface area contributed by atoms with E-state index in [0.717, 1.165) is 7.11 Å². The van der Waals surface area contributed by atoms with Gasteiger partial charge in [0.2, 0.25) is 6.54 Å². The lowest BCUT2D eigenvalue weighted by molar-refractivity contribution is -0.484. The van der Waals surface area contributed by atoms with Crippen molar-refractivity contribution in [3.63, 3.8) is 0 Å². The van der Waals surface area contributed by atoms with Crippen molar-refractivity contribution < 1.29 is 24.4 Å². The number of esters is 1. The summed E-state index contributed by atoms with van der Waals surface area (Å²) in [7, 11) is 1.05. The molecule has 0 bridgehead atoms. The van der Waals surface area contributed by atoms with E-state index in [1.54, 1.807) is 31.2 Å². The monoisotopic (exact) mass is 281 g/mol. The third kappa shape index (κ3) is 3.53. The Morgan fingerprint density at radius 1 is 1.40 bits per heavy atom. The van der Waals surface area contributed by atoms with Crippen molar-refractivity contribution in [1.82, 2.24) is 0 Å². The van der Waals surface area contributed by atoms with Gasteiger partial charge in [-0.05, 0) is 18.1 Å². The molecule has 0 amide bonds. The fourth-order valence-electron chi connectivity index (χ4n) is 2.11. The van der Waals surface area contributed by atoms with Gasteiger partial charge in [0.05, 0.1) is 13.0 Å². The number of aliphatic carboxylic acids is 1. The van der Waals surface area contributed by atoms with Gasteiger partial charge in [0.15, 0.2) is 5.92 Å². The summed E-state index contributed by atoms with van der Waals surface area (Å²) in [5.41, 5.74) is 1.15. The molecule has 20 heavy (non-hydrogen) atoms. The van der Waals surface area contributed by atoms with E-state index >= 15 is 0 Å². The van der Waals surface area contributed by atoms with E-state index < -0.39 is 35.2 Å². The summed E-state index contributed by atoms with van der Waals surface area (Å²) < 4.78 is 4.46. The average molecular weight is 281 g/mol. The van der Waals surface area contributed by atoms with Crippen LogP contribution in [0, 0.1) is 23.0 Å². The lowest BCUT2D eigenvalue weighted by Crippen LogP contribution is -2.35. The first-order chi connectivity index (χ1) is 9.38. The van der Waals surface area contributed by atoms with Gasteiger partial charge >= 0.3 is 11.9 Å². The van der Waals surface area contributed by atoms with Gasteiger partial charge in [-0.3, -0.25) is 19.7 Å². The maximum atomic E-state index is 11.6. The second-order valence-corrected chi connectivity index (χ2v) is 4.32. The number of carboxylic acid groups (broad SMARTS) is 1. The second kappa shape index (κ2) is 6.65. The third-order valence-electron chi connectivity index (χ3n) is 3.06. The number of aryl methyl sites for hydroxylation is 1. The molecular weight excluding hydrogens is 266 g/mol. The molecule has 0 aliphatic carbocycles. The molecule has 0 fully saturated rings. The van der Waals surface area contributed by atoms with Crippen molar-refractivity contribution in [2.75, 3.05) is 13.7 Å². The average Bonchev–Trinajstić information content (AvgIpc) is 2.37. The first-order valence-corrected chi connectivity index (χ1v) is 5.86. The summed E-state index contributed by atoms with van der Waals surface area (Å²) in [6.45, 7) is 1.05. The second-order valence-electron chi connectivity index (χ2n) is 4.32. The normalized spacial score (nSPS) is 13.3. The van der Waals surface area contributed by atoms with Crippen LogP contribution in [0.5, 0.6) is 0 Å². The Kier molecular flexibility index (Phi) is 5.19. The van der Waals surface area contributed by atoms with Gasteiger partial charge in [-0.15, -0.1) is 0 Å². The zero-order chi connectivity index (χ0) is 15.3. The zero-order valence-electron chi connectivity index (χ0n) is 11.1. The molecule has 2 unspecified atom stereocenters. The summed E-state index contributed by atoms with van der Waals surface area (Å²) in [6.07, 6.45) is 0. The molecule has 0 aromatic heterocycles. The van der Waals surface area contributed by atoms with Gasteiger partial charge < -0.3 is 9.84 Å². The van der Waals surface area contributed by atoms with Crippen molar-refractivity contribution in [1.29, 1.82) is 0 Å². The van der Waals surface area contributed by atoms with Gasteiger partial charge in [-0.2, -0.15) is 0 Å². The highest BCUT2D eigenvalue weighted by molar-refractivity contribution is 5.95. The van der Waals surface area contributed by atoms with E-state index in [4.69, 9.17) is 0 Å². The van der Waals surface area contributed by atoms with Crippen LogP contribution in [0.4, 0.5) is 0 Å². The molecule has 0 saturated heterocycles. The lowest BCUT2D eigenvalue weighted by atomic mass is 9.83. The van der Waals surface area contributed by atoms with Crippen LogP contribution < -0.4 is 0 Å². The van der Waals surface area contributed by atoms with Crippen molar-refractivity contribution in [2.45, 2.75) is 12.8 Å². The molecule has 0 heterocycles. The molecule has 7 nitrogen and oxygen atoms in total. The molecule has 2 atom stereocenters. The molecule has 0 radical (unpaired) electrons. The summed E-state index contributed by atoms with van der Waals surface area (Å²) in [5, 5.41) is 20.0. The Morgan fingerprint density at radius 2 is 2.00 bits per heavy atom. The smallest absolute Gasteiger partial charge is 0.320 e. The molecule has 1 aromatic carbocycles. The van der Waals surface area contributed by atoms with Crippen molar-refractivity contribution >= 4 is 11.9 Å². The standard InChI is InChI=1S/C13H15NO6/c1-8-5-3-4-6-9(8)10(7-14(18)19)11(12(15)16)13(17)20-2/h3-6,10-11H,7H2,1-2H3,(H,15,16). The van der Waals surface area contributed by atoms with Crippen LogP contribution in [0.25, 0.3) is 0 Å². The molecule has 1 aromatic rings. The highest BCUT2D eigenvalue weighted by Crippen LogP contribution is 2.29. The van der Waals surface area contributed by atoms with Crippen LogP contribution in [0.2, 0.25) is 0 Å². The number of ether oxygens (including phenoxy) is 1. The van der Waals surface area contributed by atoms with Crippen LogP contribution in [0.15, 0.2) is 24.3 Å². The molecule has 0 aliphatic heterocycles. The van der Waals surface area contributed by atoms with E-state index in [1.807, 2.05) is 0 Å². The first kappa shape index (κ1) is 15.6. The number of carbonyl (C=O) groups is 2. The Labute approximate surface area is 115 Å². The molecule has 108 valence electrons. The zero-order valence-corrected chi connectivity index (χ0v) is 11.1. The van der Waals surface area contributed by atoms with Gasteiger partial charge in [-0.25, -0.2) is 0 Å². The summed E-state index contributed by atoms with van der Waals surface area (Å²) >= 11 is 0. The Balaban J connectivity index is 3.30. The number of hydrogen-bond acceptors (Lipinski definition) is 5. The molecular formula is C13H15NO6. The molecule has 0 aliphatic rings. The summed E-state index contributed by atoms with van der Waals surface area (Å²) in [6, 6.07) is 6.67. The highest BCUT2D eigenvalue weighted by Gasteiger charge is 2.40. The van der Waals surface area contributed by atoms with E-state index in [9.17, 15) is 24.8 Å². The fourth-order valence-corrected chi connectivity index (χ4v) is 2.11. The molecule has 1 rings (SSSR count). The lowest BCUT2D eigenvalue weighted by Gasteiger charge is -2.20. The third-order valence-corrected chi connectivity index (χ3v) is 3.06. The van der Waals surface area contributed by atoms with E-state index in [0.29, 0.717) is 11.1 Å². The number of nitrogens with zero attached hydrogens (tertiary/aromatic N) is 1. The van der Waals surface area contributed by atoms with Crippen LogP contribution >= 0.6 is 0 Å². The molecule has 7 heteroatoms. The Hall–Kier alpha value is -2.44. The molecule has 0 spiro atoms. The summed E-state index contributed by atoms with van der Waals surface area (Å²) in [5.74, 6) is -5.11. The van der Waals surface area contributed by atoms with Crippen LogP contribution in [-0.2, 0) is 14.3 Å². The minimum atomic E-state index is -1.61. The van der Waals surface area contributed by atoms with Gasteiger partial charge in [0.25, 0.3) is 0 Å². The fraction of sp³-hybridized carbons (Fsp3) is 0.385. The minimum Gasteiger partial charge on any atom is -0.481 e.